The summed E-state index contributed by atoms with van der Waals surface area (Å²) in [6.07, 6.45) is 5.89. The van der Waals surface area contributed by atoms with Gasteiger partial charge in [-0.25, -0.2) is 4.79 Å². The maximum absolute atomic E-state index is 11.8. The number of amides is 2. The maximum atomic E-state index is 11.8. The molecular weight excluding hydrogens is 280 g/mol. The average Bonchev–Trinajstić information content (AvgIpc) is 3.00. The van der Waals surface area contributed by atoms with E-state index in [1.165, 1.54) is 12.8 Å². The molecule has 1 saturated carbocycles. The van der Waals surface area contributed by atoms with Gasteiger partial charge >= 0.3 is 6.03 Å². The molecule has 0 heterocycles. The van der Waals surface area contributed by atoms with Crippen LogP contribution in [0, 0.1) is 0 Å². The lowest BCUT2D eigenvalue weighted by atomic mass is 10.2. The summed E-state index contributed by atoms with van der Waals surface area (Å²) in [4.78, 5) is 11.8. The van der Waals surface area contributed by atoms with E-state index >= 15 is 0 Å². The van der Waals surface area contributed by atoms with E-state index in [1.54, 1.807) is 0 Å². The number of anilines is 1. The second-order valence-corrected chi connectivity index (χ2v) is 5.78. The third-order valence-corrected chi connectivity index (χ3v) is 3.93. The molecule has 1 fully saturated rings. The minimum absolute atomic E-state index is 0.263. The van der Waals surface area contributed by atoms with E-state index in [9.17, 15) is 9.90 Å². The van der Waals surface area contributed by atoms with Crippen molar-refractivity contribution in [1.29, 1.82) is 0 Å². The molecule has 5 nitrogen and oxygen atoms in total. The lowest BCUT2D eigenvalue weighted by Crippen LogP contribution is -2.31. The number of nitrogens with one attached hydrogen (secondary N) is 2. The van der Waals surface area contributed by atoms with Crippen molar-refractivity contribution < 1.29 is 14.6 Å². The summed E-state index contributed by atoms with van der Waals surface area (Å²) in [5.41, 5.74) is 0.712. The average molecular weight is 306 g/mol. The van der Waals surface area contributed by atoms with Gasteiger partial charge in [0, 0.05) is 18.3 Å². The normalized spacial score (nSPS) is 16.3. The highest BCUT2D eigenvalue weighted by Gasteiger charge is 2.16. The topological polar surface area (TPSA) is 70.6 Å². The third-order valence-electron chi connectivity index (χ3n) is 3.93. The van der Waals surface area contributed by atoms with Crippen molar-refractivity contribution in [2.75, 3.05) is 11.9 Å². The van der Waals surface area contributed by atoms with Gasteiger partial charge in [-0.05, 0) is 50.7 Å². The van der Waals surface area contributed by atoms with Crippen molar-refractivity contribution in [3.8, 4) is 5.75 Å². The van der Waals surface area contributed by atoms with E-state index in [1.807, 2.05) is 31.2 Å². The minimum atomic E-state index is -0.358. The molecule has 122 valence electrons. The summed E-state index contributed by atoms with van der Waals surface area (Å²) in [6.45, 7) is 2.37. The summed E-state index contributed by atoms with van der Waals surface area (Å²) in [5, 5.41) is 15.0. The van der Waals surface area contributed by atoms with Crippen molar-refractivity contribution in [3.05, 3.63) is 24.3 Å². The highest BCUT2D eigenvalue weighted by molar-refractivity contribution is 5.89. The molecule has 1 unspecified atom stereocenters. The quantitative estimate of drug-likeness (QED) is 0.724. The highest BCUT2D eigenvalue weighted by Crippen LogP contribution is 2.25. The van der Waals surface area contributed by atoms with Gasteiger partial charge in [-0.15, -0.1) is 0 Å². The number of hydrogen-bond donors (Lipinski definition) is 3. The van der Waals surface area contributed by atoms with E-state index in [0.29, 0.717) is 31.2 Å². The first-order valence-corrected chi connectivity index (χ1v) is 8.17. The SMILES string of the molecule is CCC(O)CCNC(=O)Nc1cccc(OC2CCCC2)c1. The van der Waals surface area contributed by atoms with Crippen LogP contribution in [0.5, 0.6) is 5.75 Å². The molecule has 2 rings (SSSR count). The molecule has 0 radical (unpaired) electrons. The Kier molecular flexibility index (Phi) is 6.52. The van der Waals surface area contributed by atoms with Crippen LogP contribution in [0.1, 0.15) is 45.4 Å². The molecule has 0 saturated heterocycles. The standard InChI is InChI=1S/C17H26N2O3/c1-2-14(20)10-11-18-17(21)19-13-6-5-9-16(12-13)22-15-7-3-4-8-15/h5-6,9,12,14-15,20H,2-4,7-8,10-11H2,1H3,(H2,18,19,21). The number of aliphatic hydroxyl groups is 1. The van der Waals surface area contributed by atoms with Gasteiger partial charge in [-0.2, -0.15) is 0 Å². The zero-order valence-electron chi connectivity index (χ0n) is 13.2. The Balaban J connectivity index is 1.77. The molecule has 0 spiro atoms. The van der Waals surface area contributed by atoms with Crippen LogP contribution in [-0.2, 0) is 0 Å². The zero-order valence-corrected chi connectivity index (χ0v) is 13.2. The van der Waals surface area contributed by atoms with Crippen LogP contribution in [-0.4, -0.2) is 29.9 Å². The number of rotatable bonds is 7. The van der Waals surface area contributed by atoms with Crippen LogP contribution in [0.3, 0.4) is 0 Å². The number of hydrogen-bond acceptors (Lipinski definition) is 3. The predicted octanol–water partition coefficient (Wildman–Crippen LogP) is 3.29. The second kappa shape index (κ2) is 8.63. The molecule has 1 aromatic rings. The summed E-state index contributed by atoms with van der Waals surface area (Å²) in [7, 11) is 0. The molecular formula is C17H26N2O3. The van der Waals surface area contributed by atoms with Gasteiger partial charge in [-0.3, -0.25) is 0 Å². The van der Waals surface area contributed by atoms with E-state index in [2.05, 4.69) is 10.6 Å². The van der Waals surface area contributed by atoms with Gasteiger partial charge < -0.3 is 20.5 Å². The number of ether oxygens (including phenoxy) is 1. The Hall–Kier alpha value is -1.75. The predicted molar refractivity (Wildman–Crippen MR) is 87.3 cm³/mol. The van der Waals surface area contributed by atoms with Gasteiger partial charge in [0.25, 0.3) is 0 Å². The Morgan fingerprint density at radius 1 is 1.41 bits per heavy atom. The molecule has 5 heteroatoms. The molecule has 0 aromatic heterocycles. The van der Waals surface area contributed by atoms with Crippen LogP contribution in [0.25, 0.3) is 0 Å². The first-order chi connectivity index (χ1) is 10.7. The fraction of sp³-hybridized carbons (Fsp3) is 0.588. The van der Waals surface area contributed by atoms with E-state index < -0.39 is 0 Å². The highest BCUT2D eigenvalue weighted by atomic mass is 16.5. The summed E-state index contributed by atoms with van der Waals surface area (Å²) < 4.78 is 5.92. The van der Waals surface area contributed by atoms with Crippen molar-refractivity contribution >= 4 is 11.7 Å². The summed E-state index contributed by atoms with van der Waals surface area (Å²) >= 11 is 0. The van der Waals surface area contributed by atoms with Gasteiger partial charge in [0.15, 0.2) is 0 Å². The maximum Gasteiger partial charge on any atom is 0.319 e. The molecule has 1 aliphatic rings. The largest absolute Gasteiger partial charge is 0.490 e. The van der Waals surface area contributed by atoms with Crippen LogP contribution < -0.4 is 15.4 Å². The fourth-order valence-corrected chi connectivity index (χ4v) is 2.58. The molecule has 0 bridgehead atoms. The van der Waals surface area contributed by atoms with Crippen LogP contribution >= 0.6 is 0 Å². The van der Waals surface area contributed by atoms with Crippen LogP contribution in [0.4, 0.5) is 10.5 Å². The molecule has 3 N–H and O–H groups in total. The smallest absolute Gasteiger partial charge is 0.319 e. The first-order valence-electron chi connectivity index (χ1n) is 8.17. The molecule has 1 atom stereocenters. The van der Waals surface area contributed by atoms with Crippen molar-refractivity contribution in [3.63, 3.8) is 0 Å². The van der Waals surface area contributed by atoms with Gasteiger partial charge in [0.1, 0.15) is 5.75 Å². The summed E-state index contributed by atoms with van der Waals surface area (Å²) in [6, 6.07) is 7.21. The Morgan fingerprint density at radius 3 is 2.91 bits per heavy atom. The van der Waals surface area contributed by atoms with E-state index in [-0.39, 0.29) is 12.1 Å². The van der Waals surface area contributed by atoms with Gasteiger partial charge in [-0.1, -0.05) is 13.0 Å². The molecule has 1 aliphatic carbocycles. The van der Waals surface area contributed by atoms with Crippen LogP contribution in [0.2, 0.25) is 0 Å². The minimum Gasteiger partial charge on any atom is -0.490 e. The molecule has 0 aliphatic heterocycles. The van der Waals surface area contributed by atoms with Crippen molar-refractivity contribution in [2.24, 2.45) is 0 Å². The number of benzene rings is 1. The second-order valence-electron chi connectivity index (χ2n) is 5.78. The van der Waals surface area contributed by atoms with Crippen molar-refractivity contribution in [2.45, 2.75) is 57.7 Å². The molecule has 2 amide bonds. The Morgan fingerprint density at radius 2 is 2.18 bits per heavy atom. The number of carbonyl (C=O) groups excluding carboxylic acids is 1. The fourth-order valence-electron chi connectivity index (χ4n) is 2.58. The van der Waals surface area contributed by atoms with Crippen molar-refractivity contribution in [1.82, 2.24) is 5.32 Å². The molecule has 1 aromatic carbocycles. The molecule has 22 heavy (non-hydrogen) atoms. The lowest BCUT2D eigenvalue weighted by molar-refractivity contribution is 0.160. The third kappa shape index (κ3) is 5.56. The van der Waals surface area contributed by atoms with Gasteiger partial charge in [0.05, 0.1) is 12.2 Å². The first kappa shape index (κ1) is 16.6. The lowest BCUT2D eigenvalue weighted by Gasteiger charge is -2.14. The van der Waals surface area contributed by atoms with E-state index in [0.717, 1.165) is 18.6 Å². The van der Waals surface area contributed by atoms with E-state index in [4.69, 9.17) is 4.74 Å². The zero-order chi connectivity index (χ0) is 15.8. The number of carbonyl (C=O) groups is 1. The monoisotopic (exact) mass is 306 g/mol. The Labute approximate surface area is 132 Å². The summed E-state index contributed by atoms with van der Waals surface area (Å²) in [5.74, 6) is 0.797. The number of urea groups is 1. The number of aliphatic hydroxyl groups excluding tert-OH is 1. The Bertz CT molecular complexity index is 473. The van der Waals surface area contributed by atoms with Crippen LogP contribution in [0.15, 0.2) is 24.3 Å². The van der Waals surface area contributed by atoms with Gasteiger partial charge in [0.2, 0.25) is 0 Å².